The zero-order valence-electron chi connectivity index (χ0n) is 12.8. The molecule has 0 N–H and O–H groups in total. The molecule has 2 aromatic rings. The molecule has 0 aliphatic carbocycles. The maximum Gasteiger partial charge on any atom is 0.373 e. The van der Waals surface area contributed by atoms with E-state index in [0.717, 1.165) is 17.4 Å². The van der Waals surface area contributed by atoms with E-state index in [-0.39, 0.29) is 18.8 Å². The fourth-order valence-corrected chi connectivity index (χ4v) is 2.62. The van der Waals surface area contributed by atoms with Crippen molar-refractivity contribution in [3.05, 3.63) is 60.2 Å². The number of benzene rings is 2. The number of carbonyl (C=O) groups is 1. The topological polar surface area (TPSA) is 69.7 Å². The Hall–Kier alpha value is -2.18. The number of sulfone groups is 1. The molecule has 0 saturated carbocycles. The summed E-state index contributed by atoms with van der Waals surface area (Å²) in [6.07, 6.45) is 1.42. The molecule has 0 amide bonds. The van der Waals surface area contributed by atoms with Gasteiger partial charge in [-0.15, -0.1) is 0 Å². The molecule has 2 rings (SSSR count). The Morgan fingerprint density at radius 2 is 1.70 bits per heavy atom. The highest BCUT2D eigenvalue weighted by Crippen LogP contribution is 2.20. The molecule has 122 valence electrons. The molecule has 0 atom stereocenters. The molecule has 0 aliphatic heterocycles. The van der Waals surface area contributed by atoms with Crippen molar-refractivity contribution in [2.75, 3.05) is 18.6 Å². The molecule has 5 nitrogen and oxygen atoms in total. The molecule has 0 bridgehead atoms. The van der Waals surface area contributed by atoms with Gasteiger partial charge >= 0.3 is 5.97 Å². The summed E-state index contributed by atoms with van der Waals surface area (Å²) >= 11 is 0. The lowest BCUT2D eigenvalue weighted by molar-refractivity contribution is -0.240. The Kier molecular flexibility index (Phi) is 5.90. The molecule has 0 unspecified atom stereocenters. The molecule has 0 heterocycles. The fraction of sp³-hybridized carbons (Fsp3) is 0.235. The van der Waals surface area contributed by atoms with Crippen LogP contribution in [0.5, 0.6) is 0 Å². The van der Waals surface area contributed by atoms with Crippen molar-refractivity contribution in [3.8, 4) is 11.1 Å². The Morgan fingerprint density at radius 3 is 2.39 bits per heavy atom. The van der Waals surface area contributed by atoms with Crippen molar-refractivity contribution in [2.45, 2.75) is 6.42 Å². The lowest BCUT2D eigenvalue weighted by Gasteiger charge is -2.06. The van der Waals surface area contributed by atoms with Crippen LogP contribution in [-0.4, -0.2) is 33.0 Å². The standard InChI is InChI=1S/C17H18O5S/c1-23(19,20)12-6-11-21-22-17(18)16-10-5-9-15(13-16)14-7-3-2-4-8-14/h2-5,7-10,13H,6,11-12H2,1H3. The highest BCUT2D eigenvalue weighted by atomic mass is 32.2. The minimum Gasteiger partial charge on any atom is -0.293 e. The molecule has 6 heteroatoms. The van der Waals surface area contributed by atoms with E-state index in [1.54, 1.807) is 18.2 Å². The molecular formula is C17H18O5S. The van der Waals surface area contributed by atoms with E-state index in [2.05, 4.69) is 0 Å². The molecule has 0 aliphatic rings. The summed E-state index contributed by atoms with van der Waals surface area (Å²) in [6, 6.07) is 16.7. The molecule has 2 aromatic carbocycles. The molecule has 0 aromatic heterocycles. The van der Waals surface area contributed by atoms with E-state index in [4.69, 9.17) is 9.78 Å². The minimum atomic E-state index is -3.03. The molecule has 0 radical (unpaired) electrons. The van der Waals surface area contributed by atoms with Gasteiger partial charge in [-0.25, -0.2) is 13.2 Å². The zero-order valence-corrected chi connectivity index (χ0v) is 13.6. The Labute approximate surface area is 135 Å². The van der Waals surface area contributed by atoms with Crippen molar-refractivity contribution in [1.82, 2.24) is 0 Å². The van der Waals surface area contributed by atoms with E-state index >= 15 is 0 Å². The van der Waals surface area contributed by atoms with Crippen LogP contribution in [0, 0.1) is 0 Å². The van der Waals surface area contributed by atoms with Gasteiger partial charge in [-0.1, -0.05) is 42.5 Å². The molecule has 0 fully saturated rings. The maximum absolute atomic E-state index is 11.9. The quantitative estimate of drug-likeness (QED) is 0.442. The van der Waals surface area contributed by atoms with E-state index in [1.165, 1.54) is 0 Å². The fourth-order valence-electron chi connectivity index (χ4n) is 1.98. The zero-order chi connectivity index (χ0) is 16.7. The van der Waals surface area contributed by atoms with E-state index < -0.39 is 15.8 Å². The van der Waals surface area contributed by atoms with Crippen LogP contribution in [-0.2, 0) is 19.6 Å². The van der Waals surface area contributed by atoms with Gasteiger partial charge in [-0.2, -0.15) is 4.89 Å². The van der Waals surface area contributed by atoms with Gasteiger partial charge in [0.1, 0.15) is 9.84 Å². The van der Waals surface area contributed by atoms with Crippen molar-refractivity contribution < 1.29 is 23.0 Å². The largest absolute Gasteiger partial charge is 0.373 e. The van der Waals surface area contributed by atoms with E-state index in [9.17, 15) is 13.2 Å². The van der Waals surface area contributed by atoms with Gasteiger partial charge in [0.2, 0.25) is 0 Å². The second-order valence-corrected chi connectivity index (χ2v) is 7.38. The summed E-state index contributed by atoms with van der Waals surface area (Å²) in [6.45, 7) is 0.0389. The van der Waals surface area contributed by atoms with Crippen molar-refractivity contribution in [1.29, 1.82) is 0 Å². The van der Waals surface area contributed by atoms with Crippen LogP contribution in [0.25, 0.3) is 11.1 Å². The smallest absolute Gasteiger partial charge is 0.293 e. The van der Waals surface area contributed by atoms with Crippen LogP contribution in [0.15, 0.2) is 54.6 Å². The van der Waals surface area contributed by atoms with Crippen LogP contribution in [0.1, 0.15) is 16.8 Å². The van der Waals surface area contributed by atoms with Gasteiger partial charge in [-0.05, 0) is 29.7 Å². The minimum absolute atomic E-state index is 0.00591. The average Bonchev–Trinajstić information content (AvgIpc) is 2.54. The first kappa shape index (κ1) is 17.2. The third-order valence-electron chi connectivity index (χ3n) is 3.08. The number of carbonyl (C=O) groups excluding carboxylic acids is 1. The Morgan fingerprint density at radius 1 is 1.00 bits per heavy atom. The maximum atomic E-state index is 11.9. The highest BCUT2D eigenvalue weighted by Gasteiger charge is 2.10. The summed E-state index contributed by atoms with van der Waals surface area (Å²) in [7, 11) is -3.03. The molecule has 0 saturated heterocycles. The van der Waals surface area contributed by atoms with Crippen LogP contribution >= 0.6 is 0 Å². The van der Waals surface area contributed by atoms with E-state index in [0.29, 0.717) is 5.56 Å². The van der Waals surface area contributed by atoms with E-state index in [1.807, 2.05) is 36.4 Å². The monoisotopic (exact) mass is 334 g/mol. The van der Waals surface area contributed by atoms with Crippen LogP contribution in [0.4, 0.5) is 0 Å². The summed E-state index contributed by atoms with van der Waals surface area (Å²) in [5.74, 6) is -0.615. The molecule has 23 heavy (non-hydrogen) atoms. The van der Waals surface area contributed by atoms with Crippen LogP contribution in [0.3, 0.4) is 0 Å². The summed E-state index contributed by atoms with van der Waals surface area (Å²) < 4.78 is 21.9. The lowest BCUT2D eigenvalue weighted by Crippen LogP contribution is -2.10. The summed E-state index contributed by atoms with van der Waals surface area (Å²) in [5, 5.41) is 0. The predicted molar refractivity (Wildman–Crippen MR) is 87.6 cm³/mol. The predicted octanol–water partition coefficient (Wildman–Crippen LogP) is 2.88. The summed E-state index contributed by atoms with van der Waals surface area (Å²) in [4.78, 5) is 21.4. The van der Waals surface area contributed by atoms with Gasteiger partial charge in [0.25, 0.3) is 0 Å². The van der Waals surface area contributed by atoms with Crippen molar-refractivity contribution in [3.63, 3.8) is 0 Å². The Balaban J connectivity index is 1.90. The normalized spacial score (nSPS) is 11.2. The number of rotatable bonds is 7. The first-order chi connectivity index (χ1) is 11.0. The van der Waals surface area contributed by atoms with Crippen LogP contribution in [0.2, 0.25) is 0 Å². The van der Waals surface area contributed by atoms with Gasteiger partial charge < -0.3 is 0 Å². The third-order valence-corrected chi connectivity index (χ3v) is 4.11. The average molecular weight is 334 g/mol. The van der Waals surface area contributed by atoms with Gasteiger partial charge in [0, 0.05) is 6.26 Å². The van der Waals surface area contributed by atoms with Gasteiger partial charge in [0.15, 0.2) is 0 Å². The SMILES string of the molecule is CS(=O)(=O)CCCOOC(=O)c1cccc(-c2ccccc2)c1. The number of hydrogen-bond donors (Lipinski definition) is 0. The van der Waals surface area contributed by atoms with Gasteiger partial charge in [-0.3, -0.25) is 4.89 Å². The molecular weight excluding hydrogens is 316 g/mol. The van der Waals surface area contributed by atoms with Crippen LogP contribution < -0.4 is 0 Å². The van der Waals surface area contributed by atoms with Gasteiger partial charge in [0.05, 0.1) is 17.9 Å². The lowest BCUT2D eigenvalue weighted by atomic mass is 10.0. The van der Waals surface area contributed by atoms with Crippen molar-refractivity contribution >= 4 is 15.8 Å². The highest BCUT2D eigenvalue weighted by molar-refractivity contribution is 7.90. The summed E-state index contributed by atoms with van der Waals surface area (Å²) in [5.41, 5.74) is 2.27. The first-order valence-electron chi connectivity index (χ1n) is 7.13. The third kappa shape index (κ3) is 5.84. The number of hydrogen-bond acceptors (Lipinski definition) is 5. The van der Waals surface area contributed by atoms with Crippen molar-refractivity contribution in [2.24, 2.45) is 0 Å². The Bertz CT molecular complexity index is 754. The first-order valence-corrected chi connectivity index (χ1v) is 9.19. The second-order valence-electron chi connectivity index (χ2n) is 5.12. The second kappa shape index (κ2) is 7.89. The molecule has 0 spiro atoms.